The molecule has 3 aromatic rings. The highest BCUT2D eigenvalue weighted by atomic mass is 32.1. The van der Waals surface area contributed by atoms with Crippen LogP contribution >= 0.6 is 11.3 Å². The number of aromatic nitrogens is 1. The normalized spacial score (nSPS) is 17.9. The first-order valence-corrected chi connectivity index (χ1v) is 10.7. The number of nitrogens with one attached hydrogen (secondary N) is 1. The number of thiophene rings is 1. The van der Waals surface area contributed by atoms with E-state index >= 15 is 0 Å². The van der Waals surface area contributed by atoms with E-state index < -0.39 is 5.54 Å². The minimum absolute atomic E-state index is 0.0538. The van der Waals surface area contributed by atoms with Crippen molar-refractivity contribution in [1.29, 1.82) is 0 Å². The zero-order valence-electron chi connectivity index (χ0n) is 16.5. The van der Waals surface area contributed by atoms with E-state index in [9.17, 15) is 19.8 Å². The lowest BCUT2D eigenvalue weighted by Gasteiger charge is -2.35. The number of rotatable bonds is 3. The minimum Gasteiger partial charge on any atom is -0.494 e. The lowest BCUT2D eigenvalue weighted by molar-refractivity contribution is -0.125. The molecule has 1 fully saturated rings. The fourth-order valence-electron chi connectivity index (χ4n) is 4.28. The van der Waals surface area contributed by atoms with Gasteiger partial charge in [0, 0.05) is 35.3 Å². The van der Waals surface area contributed by atoms with Gasteiger partial charge in [0.1, 0.15) is 11.4 Å². The van der Waals surface area contributed by atoms with Gasteiger partial charge in [-0.1, -0.05) is 18.2 Å². The Labute approximate surface area is 181 Å². The number of nitrogens with two attached hydrogens (primary N) is 1. The molecule has 160 valence electrons. The van der Waals surface area contributed by atoms with Crippen LogP contribution in [-0.2, 0) is 11.3 Å². The second kappa shape index (κ2) is 7.02. The van der Waals surface area contributed by atoms with Crippen LogP contribution < -0.4 is 11.1 Å². The van der Waals surface area contributed by atoms with Crippen molar-refractivity contribution in [1.82, 2.24) is 14.8 Å². The average Bonchev–Trinajstić information content (AvgIpc) is 3.36. The Kier molecular flexibility index (Phi) is 4.40. The number of aliphatic imine (C=N–C) groups is 1. The van der Waals surface area contributed by atoms with Crippen LogP contribution in [0.25, 0.3) is 10.1 Å². The van der Waals surface area contributed by atoms with E-state index in [0.29, 0.717) is 42.3 Å². The standard InChI is InChI=1S/C21H21N5O4S/c22-18-17(12-3-1-2-4-13(12)31-18)19(29)25-9-7-21(8-10-25)20(30)23-14(24-21)11-26-15(27)5-6-16(26)28/h1-6,27-28H,7-11,22H2,(H,23,24,30). The fourth-order valence-corrected chi connectivity index (χ4v) is 5.24. The van der Waals surface area contributed by atoms with Crippen molar-refractivity contribution in [3.05, 3.63) is 42.0 Å². The maximum absolute atomic E-state index is 13.2. The number of likely N-dealkylation sites (tertiary alicyclic amines) is 1. The van der Waals surface area contributed by atoms with Crippen LogP contribution in [0.4, 0.5) is 5.00 Å². The largest absolute Gasteiger partial charge is 0.494 e. The number of piperidine rings is 1. The van der Waals surface area contributed by atoms with Crippen LogP contribution in [0.5, 0.6) is 11.8 Å². The number of nitrogen functional groups attached to an aromatic ring is 1. The highest BCUT2D eigenvalue weighted by molar-refractivity contribution is 7.23. The number of nitrogens with zero attached hydrogens (tertiary/aromatic N) is 3. The van der Waals surface area contributed by atoms with Gasteiger partial charge in [-0.25, -0.2) is 0 Å². The average molecular weight is 439 g/mol. The van der Waals surface area contributed by atoms with Gasteiger partial charge in [-0.05, 0) is 18.9 Å². The number of hydrogen-bond donors (Lipinski definition) is 4. The van der Waals surface area contributed by atoms with Gasteiger partial charge in [-0.15, -0.1) is 11.3 Å². The fraction of sp³-hybridized carbons (Fsp3) is 0.286. The molecular weight excluding hydrogens is 418 g/mol. The summed E-state index contributed by atoms with van der Waals surface area (Å²) in [6.45, 7) is 0.817. The number of benzene rings is 1. The zero-order valence-corrected chi connectivity index (χ0v) is 17.4. The highest BCUT2D eigenvalue weighted by Crippen LogP contribution is 2.36. The summed E-state index contributed by atoms with van der Waals surface area (Å²) in [6.07, 6.45) is 0.777. The molecule has 10 heteroatoms. The quantitative estimate of drug-likeness (QED) is 0.495. The molecule has 1 saturated heterocycles. The van der Waals surface area contributed by atoms with E-state index in [0.717, 1.165) is 10.1 Å². The molecule has 0 saturated carbocycles. The number of amides is 2. The van der Waals surface area contributed by atoms with Crippen molar-refractivity contribution in [3.8, 4) is 11.8 Å². The summed E-state index contributed by atoms with van der Waals surface area (Å²) in [6, 6.07) is 10.4. The molecule has 9 nitrogen and oxygen atoms in total. The topological polar surface area (TPSA) is 133 Å². The molecule has 2 aliphatic heterocycles. The molecule has 5 rings (SSSR count). The first-order chi connectivity index (χ1) is 14.9. The number of amidine groups is 1. The second-order valence-corrected chi connectivity index (χ2v) is 8.89. The molecule has 0 radical (unpaired) electrons. The molecule has 0 aliphatic carbocycles. The number of aromatic hydroxyl groups is 2. The molecular formula is C21H21N5O4S. The predicted molar refractivity (Wildman–Crippen MR) is 117 cm³/mol. The zero-order chi connectivity index (χ0) is 21.8. The molecule has 2 aliphatic rings. The number of carbonyl (C=O) groups is 2. The third kappa shape index (κ3) is 3.10. The van der Waals surface area contributed by atoms with Crippen molar-refractivity contribution in [2.24, 2.45) is 4.99 Å². The van der Waals surface area contributed by atoms with Crippen molar-refractivity contribution in [3.63, 3.8) is 0 Å². The van der Waals surface area contributed by atoms with Crippen molar-refractivity contribution in [2.75, 3.05) is 18.8 Å². The molecule has 2 aromatic heterocycles. The van der Waals surface area contributed by atoms with Gasteiger partial charge < -0.3 is 26.2 Å². The third-order valence-corrected chi connectivity index (χ3v) is 6.99. The lowest BCUT2D eigenvalue weighted by Crippen LogP contribution is -2.50. The van der Waals surface area contributed by atoms with Crippen molar-refractivity contribution < 1.29 is 19.8 Å². The first-order valence-electron chi connectivity index (χ1n) is 9.92. The monoisotopic (exact) mass is 439 g/mol. The van der Waals surface area contributed by atoms with Gasteiger partial charge in [0.2, 0.25) is 0 Å². The lowest BCUT2D eigenvalue weighted by atomic mass is 9.87. The minimum atomic E-state index is -0.938. The number of fused-ring (bicyclic) bond motifs is 1. The summed E-state index contributed by atoms with van der Waals surface area (Å²) in [5.74, 6) is -0.205. The summed E-state index contributed by atoms with van der Waals surface area (Å²) in [7, 11) is 0. The van der Waals surface area contributed by atoms with Gasteiger partial charge in [-0.3, -0.25) is 19.1 Å². The van der Waals surface area contributed by atoms with Crippen molar-refractivity contribution >= 4 is 44.1 Å². The van der Waals surface area contributed by atoms with Gasteiger partial charge in [0.25, 0.3) is 11.8 Å². The molecule has 2 amide bonds. The van der Waals surface area contributed by atoms with Crippen LogP contribution in [0.2, 0.25) is 0 Å². The highest BCUT2D eigenvalue weighted by Gasteiger charge is 2.46. The molecule has 0 bridgehead atoms. The molecule has 31 heavy (non-hydrogen) atoms. The molecule has 1 aromatic carbocycles. The Balaban J connectivity index is 1.33. The SMILES string of the molecule is Nc1sc2ccccc2c1C(=O)N1CCC2(CC1)N=C(Cn1c(O)ccc1O)NC2=O. The Morgan fingerprint density at radius 2 is 1.84 bits per heavy atom. The van der Waals surface area contributed by atoms with E-state index in [4.69, 9.17) is 5.73 Å². The van der Waals surface area contributed by atoms with Crippen LogP contribution in [0.3, 0.4) is 0 Å². The maximum Gasteiger partial charge on any atom is 0.257 e. The molecule has 4 heterocycles. The third-order valence-electron chi connectivity index (χ3n) is 5.99. The van der Waals surface area contributed by atoms with Crippen LogP contribution in [0, 0.1) is 0 Å². The van der Waals surface area contributed by atoms with E-state index in [1.165, 1.54) is 28.0 Å². The Morgan fingerprint density at radius 1 is 1.16 bits per heavy atom. The van der Waals surface area contributed by atoms with Gasteiger partial charge in [0.15, 0.2) is 11.8 Å². The number of anilines is 1. The van der Waals surface area contributed by atoms with Crippen molar-refractivity contribution in [2.45, 2.75) is 24.9 Å². The Hall–Kier alpha value is -3.53. The molecule has 0 atom stereocenters. The van der Waals surface area contributed by atoms with E-state index in [-0.39, 0.29) is 30.1 Å². The summed E-state index contributed by atoms with van der Waals surface area (Å²) in [4.78, 5) is 32.2. The van der Waals surface area contributed by atoms with Crippen LogP contribution in [0.1, 0.15) is 23.2 Å². The number of carbonyl (C=O) groups excluding carboxylic acids is 2. The van der Waals surface area contributed by atoms with E-state index in [2.05, 4.69) is 10.3 Å². The number of hydrogen-bond acceptors (Lipinski definition) is 7. The first kappa shape index (κ1) is 19.4. The smallest absolute Gasteiger partial charge is 0.257 e. The molecule has 5 N–H and O–H groups in total. The summed E-state index contributed by atoms with van der Waals surface area (Å²) in [5.41, 5.74) is 5.73. The van der Waals surface area contributed by atoms with Gasteiger partial charge >= 0.3 is 0 Å². The summed E-state index contributed by atoms with van der Waals surface area (Å²) >= 11 is 1.40. The second-order valence-electron chi connectivity index (χ2n) is 7.81. The molecule has 0 unspecified atom stereocenters. The van der Waals surface area contributed by atoms with E-state index in [1.54, 1.807) is 4.90 Å². The maximum atomic E-state index is 13.2. The van der Waals surface area contributed by atoms with Crippen LogP contribution in [0.15, 0.2) is 41.4 Å². The Bertz CT molecular complexity index is 1220. The molecule has 1 spiro atoms. The van der Waals surface area contributed by atoms with Gasteiger partial charge in [-0.2, -0.15) is 0 Å². The van der Waals surface area contributed by atoms with Crippen LogP contribution in [-0.4, -0.2) is 56.0 Å². The predicted octanol–water partition coefficient (Wildman–Crippen LogP) is 1.90. The summed E-state index contributed by atoms with van der Waals surface area (Å²) < 4.78 is 2.22. The van der Waals surface area contributed by atoms with E-state index in [1.807, 2.05) is 24.3 Å². The Morgan fingerprint density at radius 3 is 2.55 bits per heavy atom. The summed E-state index contributed by atoms with van der Waals surface area (Å²) in [5, 5.41) is 23.8. The van der Waals surface area contributed by atoms with Gasteiger partial charge in [0.05, 0.1) is 17.1 Å².